The second-order valence-electron chi connectivity index (χ2n) is 2.96. The number of aryl methyl sites for hydroxylation is 1. The smallest absolute Gasteiger partial charge is 0.335 e. The van der Waals surface area contributed by atoms with Gasteiger partial charge in [0.05, 0.1) is 5.56 Å². The summed E-state index contributed by atoms with van der Waals surface area (Å²) < 4.78 is 0. The Morgan fingerprint density at radius 1 is 1.31 bits per heavy atom. The minimum atomic E-state index is -0.872. The summed E-state index contributed by atoms with van der Waals surface area (Å²) in [6.07, 6.45) is 2.94. The minimum absolute atomic E-state index is 0.346. The molecule has 1 rings (SSSR count). The summed E-state index contributed by atoms with van der Waals surface area (Å²) >= 11 is 0. The number of carboxylic acids is 1. The van der Waals surface area contributed by atoms with E-state index in [0.717, 1.165) is 19.3 Å². The van der Waals surface area contributed by atoms with Crippen LogP contribution in [0.25, 0.3) is 0 Å². The molecule has 0 unspecified atom stereocenters. The summed E-state index contributed by atoms with van der Waals surface area (Å²) in [6, 6.07) is 7.00. The van der Waals surface area contributed by atoms with Crippen LogP contribution < -0.4 is 0 Å². The zero-order valence-electron chi connectivity index (χ0n) is 7.49. The van der Waals surface area contributed by atoms with Gasteiger partial charge in [-0.05, 0) is 30.5 Å². The first kappa shape index (κ1) is 9.78. The highest BCUT2D eigenvalue weighted by molar-refractivity contribution is 5.87. The van der Waals surface area contributed by atoms with E-state index in [-0.39, 0.29) is 0 Å². The molecule has 1 aromatic carbocycles. The predicted octanol–water partition coefficient (Wildman–Crippen LogP) is 2.54. The first-order chi connectivity index (χ1) is 6.24. The lowest BCUT2D eigenvalue weighted by Gasteiger charge is -1.99. The van der Waals surface area contributed by atoms with Gasteiger partial charge in [0.25, 0.3) is 0 Å². The van der Waals surface area contributed by atoms with Crippen LogP contribution in [0.5, 0.6) is 0 Å². The lowest BCUT2D eigenvalue weighted by molar-refractivity contribution is 0.0697. The molecule has 0 aliphatic rings. The van der Waals surface area contributed by atoms with E-state index in [1.54, 1.807) is 12.1 Å². The number of hydrogen-bond acceptors (Lipinski definition) is 1. The van der Waals surface area contributed by atoms with Gasteiger partial charge < -0.3 is 5.11 Å². The van der Waals surface area contributed by atoms with Crippen LogP contribution in [-0.2, 0) is 6.42 Å². The van der Waals surface area contributed by atoms with Crippen molar-refractivity contribution in [3.8, 4) is 0 Å². The van der Waals surface area contributed by atoms with Crippen molar-refractivity contribution >= 4 is 5.97 Å². The highest BCUT2D eigenvalue weighted by atomic mass is 16.4. The number of rotatable bonds is 4. The second kappa shape index (κ2) is 4.65. The molecule has 2 nitrogen and oxygen atoms in total. The third-order valence-electron chi connectivity index (χ3n) is 1.92. The third kappa shape index (κ3) is 2.90. The highest BCUT2D eigenvalue weighted by Crippen LogP contribution is 2.07. The van der Waals surface area contributed by atoms with Crippen LogP contribution in [0, 0.1) is 6.92 Å². The zero-order chi connectivity index (χ0) is 9.68. The van der Waals surface area contributed by atoms with Gasteiger partial charge in [0.15, 0.2) is 0 Å². The van der Waals surface area contributed by atoms with E-state index in [0.29, 0.717) is 5.56 Å². The van der Waals surface area contributed by atoms with Gasteiger partial charge in [-0.3, -0.25) is 0 Å². The largest absolute Gasteiger partial charge is 0.478 e. The van der Waals surface area contributed by atoms with Gasteiger partial charge in [0.2, 0.25) is 0 Å². The fourth-order valence-electron chi connectivity index (χ4n) is 1.14. The Bertz CT molecular complexity index is 275. The molecule has 1 radical (unpaired) electrons. The molecule has 0 saturated carbocycles. The normalized spacial score (nSPS) is 9.92. The van der Waals surface area contributed by atoms with Gasteiger partial charge in [-0.2, -0.15) is 0 Å². The van der Waals surface area contributed by atoms with E-state index in [2.05, 4.69) is 6.92 Å². The number of hydrogen-bond donors (Lipinski definition) is 1. The SMILES string of the molecule is [CH2]CCCc1ccc(C(=O)O)cc1. The fourth-order valence-corrected chi connectivity index (χ4v) is 1.14. The second-order valence-corrected chi connectivity index (χ2v) is 2.96. The fraction of sp³-hybridized carbons (Fsp3) is 0.273. The van der Waals surface area contributed by atoms with Crippen LogP contribution in [0.3, 0.4) is 0 Å². The molecule has 69 valence electrons. The molecule has 1 N–H and O–H groups in total. The number of unbranched alkanes of at least 4 members (excludes halogenated alkanes) is 1. The zero-order valence-corrected chi connectivity index (χ0v) is 7.49. The van der Waals surface area contributed by atoms with Gasteiger partial charge in [0.1, 0.15) is 0 Å². The van der Waals surface area contributed by atoms with Gasteiger partial charge in [-0.15, -0.1) is 0 Å². The molecular weight excluding hydrogens is 164 g/mol. The average Bonchev–Trinajstić information content (AvgIpc) is 2.15. The molecule has 1 aromatic rings. The molecule has 0 saturated heterocycles. The summed E-state index contributed by atoms with van der Waals surface area (Å²) in [6.45, 7) is 3.75. The summed E-state index contributed by atoms with van der Waals surface area (Å²) in [5.74, 6) is -0.872. The summed E-state index contributed by atoms with van der Waals surface area (Å²) in [5.41, 5.74) is 1.52. The summed E-state index contributed by atoms with van der Waals surface area (Å²) in [5, 5.41) is 8.64. The molecule has 0 aliphatic carbocycles. The first-order valence-electron chi connectivity index (χ1n) is 4.35. The Balaban J connectivity index is 2.64. The van der Waals surface area contributed by atoms with Crippen molar-refractivity contribution in [1.82, 2.24) is 0 Å². The lowest BCUT2D eigenvalue weighted by atomic mass is 10.1. The monoisotopic (exact) mass is 177 g/mol. The standard InChI is InChI=1S/C11H13O2/c1-2-3-4-9-5-7-10(8-6-9)11(12)13/h5-8H,1-4H2,(H,12,13). The van der Waals surface area contributed by atoms with E-state index in [1.165, 1.54) is 5.56 Å². The molecule has 0 fully saturated rings. The molecule has 0 amide bonds. The van der Waals surface area contributed by atoms with Crippen LogP contribution >= 0.6 is 0 Å². The molecule has 0 aromatic heterocycles. The molecule has 0 atom stereocenters. The average molecular weight is 177 g/mol. The van der Waals surface area contributed by atoms with Crippen molar-refractivity contribution in [2.75, 3.05) is 0 Å². The molecule has 0 aliphatic heterocycles. The van der Waals surface area contributed by atoms with Gasteiger partial charge >= 0.3 is 5.97 Å². The lowest BCUT2D eigenvalue weighted by Crippen LogP contribution is -1.95. The van der Waals surface area contributed by atoms with E-state index in [4.69, 9.17) is 5.11 Å². The van der Waals surface area contributed by atoms with Crippen molar-refractivity contribution in [2.24, 2.45) is 0 Å². The number of benzene rings is 1. The van der Waals surface area contributed by atoms with Crippen LogP contribution in [0.1, 0.15) is 28.8 Å². The quantitative estimate of drug-likeness (QED) is 0.767. The maximum Gasteiger partial charge on any atom is 0.335 e. The van der Waals surface area contributed by atoms with Crippen LogP contribution in [0.15, 0.2) is 24.3 Å². The molecule has 2 heteroatoms. The minimum Gasteiger partial charge on any atom is -0.478 e. The highest BCUT2D eigenvalue weighted by Gasteiger charge is 2.00. The topological polar surface area (TPSA) is 37.3 Å². The Hall–Kier alpha value is -1.31. The third-order valence-corrected chi connectivity index (χ3v) is 1.92. The summed E-state index contributed by atoms with van der Waals surface area (Å²) in [7, 11) is 0. The van der Waals surface area contributed by atoms with E-state index >= 15 is 0 Å². The molecule has 13 heavy (non-hydrogen) atoms. The van der Waals surface area contributed by atoms with Crippen LogP contribution in [0.4, 0.5) is 0 Å². The molecule has 0 heterocycles. The number of carboxylic acid groups (broad SMARTS) is 1. The number of carbonyl (C=O) groups is 1. The van der Waals surface area contributed by atoms with Crippen molar-refractivity contribution in [3.05, 3.63) is 42.3 Å². The Morgan fingerprint density at radius 2 is 1.92 bits per heavy atom. The van der Waals surface area contributed by atoms with Crippen molar-refractivity contribution in [2.45, 2.75) is 19.3 Å². The maximum absolute atomic E-state index is 10.5. The van der Waals surface area contributed by atoms with E-state index in [9.17, 15) is 4.79 Å². The Labute approximate surface area is 78.2 Å². The Kier molecular flexibility index (Phi) is 3.50. The maximum atomic E-state index is 10.5. The Morgan fingerprint density at radius 3 is 2.38 bits per heavy atom. The van der Waals surface area contributed by atoms with Gasteiger partial charge in [-0.1, -0.05) is 25.5 Å². The predicted molar refractivity (Wildman–Crippen MR) is 51.7 cm³/mol. The van der Waals surface area contributed by atoms with E-state index < -0.39 is 5.97 Å². The molecule has 0 bridgehead atoms. The van der Waals surface area contributed by atoms with Crippen molar-refractivity contribution in [1.29, 1.82) is 0 Å². The van der Waals surface area contributed by atoms with Crippen molar-refractivity contribution < 1.29 is 9.90 Å². The number of aromatic carboxylic acids is 1. The first-order valence-corrected chi connectivity index (χ1v) is 4.35. The summed E-state index contributed by atoms with van der Waals surface area (Å²) in [4.78, 5) is 10.5. The van der Waals surface area contributed by atoms with Gasteiger partial charge in [-0.25, -0.2) is 4.79 Å². The van der Waals surface area contributed by atoms with Gasteiger partial charge in [0, 0.05) is 0 Å². The van der Waals surface area contributed by atoms with E-state index in [1.807, 2.05) is 12.1 Å². The van der Waals surface area contributed by atoms with Crippen LogP contribution in [0.2, 0.25) is 0 Å². The molecular formula is C11H13O2. The molecule has 0 spiro atoms. The van der Waals surface area contributed by atoms with Crippen molar-refractivity contribution in [3.63, 3.8) is 0 Å². The van der Waals surface area contributed by atoms with Crippen LogP contribution in [-0.4, -0.2) is 11.1 Å².